The molecular weight excluding hydrogens is 572 g/mol. The number of ether oxygens (including phenoxy) is 2. The lowest BCUT2D eigenvalue weighted by molar-refractivity contribution is -0.124. The first-order valence-electron chi connectivity index (χ1n) is 14.6. The molecule has 2 aromatic carbocycles. The number of amides is 2. The summed E-state index contributed by atoms with van der Waals surface area (Å²) in [5.74, 6) is 0.191. The maximum atomic E-state index is 14.2. The summed E-state index contributed by atoms with van der Waals surface area (Å²) in [6.45, 7) is 8.06. The van der Waals surface area contributed by atoms with Crippen molar-refractivity contribution < 1.29 is 32.6 Å². The highest BCUT2D eigenvalue weighted by molar-refractivity contribution is 7.89. The van der Waals surface area contributed by atoms with Crippen LogP contribution in [0.15, 0.2) is 53.4 Å². The van der Waals surface area contributed by atoms with Crippen LogP contribution in [0.25, 0.3) is 0 Å². The third-order valence-electron chi connectivity index (χ3n) is 6.90. The van der Waals surface area contributed by atoms with Crippen LogP contribution in [-0.4, -0.2) is 86.8 Å². The predicted octanol–water partition coefficient (Wildman–Crippen LogP) is 2.59. The summed E-state index contributed by atoms with van der Waals surface area (Å²) in [6.07, 6.45) is -0.390. The van der Waals surface area contributed by atoms with E-state index >= 15 is 0 Å². The molecule has 11 nitrogen and oxygen atoms in total. The number of carbonyl (C=O) groups is 2. The zero-order valence-corrected chi connectivity index (χ0v) is 26.8. The van der Waals surface area contributed by atoms with Crippen molar-refractivity contribution in [1.82, 2.24) is 19.8 Å². The first-order chi connectivity index (χ1) is 20.2. The van der Waals surface area contributed by atoms with E-state index in [-0.39, 0.29) is 67.4 Å². The van der Waals surface area contributed by atoms with E-state index in [4.69, 9.17) is 9.47 Å². The molecule has 3 atom stereocenters. The Labute approximate surface area is 255 Å². The van der Waals surface area contributed by atoms with Crippen molar-refractivity contribution in [3.8, 4) is 11.5 Å². The van der Waals surface area contributed by atoms with Crippen LogP contribution in [0.5, 0.6) is 11.5 Å². The zero-order valence-electron chi connectivity index (χ0n) is 26.0. The number of aliphatic hydroxyl groups is 1. The Kier molecular flexibility index (Phi) is 12.0. The van der Waals surface area contributed by atoms with Gasteiger partial charge in [-0.05, 0) is 43.6 Å². The van der Waals surface area contributed by atoms with Gasteiger partial charge in [0.05, 0.1) is 11.4 Å². The second kappa shape index (κ2) is 15.0. The van der Waals surface area contributed by atoms with Gasteiger partial charge in [0, 0.05) is 51.9 Å². The highest BCUT2D eigenvalue weighted by atomic mass is 32.2. The second-order valence-corrected chi connectivity index (χ2v) is 13.8. The van der Waals surface area contributed by atoms with Gasteiger partial charge in [-0.2, -0.15) is 4.31 Å². The van der Waals surface area contributed by atoms with Crippen LogP contribution < -0.4 is 20.1 Å². The summed E-state index contributed by atoms with van der Waals surface area (Å²) in [6, 6.07) is 13.6. The van der Waals surface area contributed by atoms with Crippen LogP contribution >= 0.6 is 0 Å². The fourth-order valence-corrected chi connectivity index (χ4v) is 6.74. The molecule has 0 aliphatic carbocycles. The van der Waals surface area contributed by atoms with E-state index in [1.54, 1.807) is 32.0 Å². The monoisotopic (exact) mass is 618 g/mol. The van der Waals surface area contributed by atoms with Gasteiger partial charge in [0.2, 0.25) is 28.1 Å². The molecule has 1 aliphatic rings. The minimum absolute atomic E-state index is 0.0194. The van der Waals surface area contributed by atoms with Gasteiger partial charge in [-0.25, -0.2) is 8.42 Å². The van der Waals surface area contributed by atoms with Gasteiger partial charge >= 0.3 is 0 Å². The van der Waals surface area contributed by atoms with E-state index in [9.17, 15) is 23.1 Å². The summed E-state index contributed by atoms with van der Waals surface area (Å²) >= 11 is 0. The molecular formula is C31H46N4O7S. The molecule has 2 aromatic rings. The number of nitrogens with zero attached hydrogens (tertiary/aromatic N) is 2. The Morgan fingerprint density at radius 3 is 2.33 bits per heavy atom. The normalized spacial score (nSPS) is 16.7. The first-order valence-corrected chi connectivity index (χ1v) is 16.1. The SMILES string of the molecule is CC(C)CN(C(O)(CCNC(=O)CC(C)CNC(=O)CN(C)C)Cc1ccccc1)S(=O)(=O)c1ccc2c(c1)OC(C)O2. The zero-order chi connectivity index (χ0) is 31.8. The Morgan fingerprint density at radius 1 is 1.00 bits per heavy atom. The van der Waals surface area contributed by atoms with Gasteiger partial charge in [-0.1, -0.05) is 51.1 Å². The van der Waals surface area contributed by atoms with Gasteiger partial charge in [-0.15, -0.1) is 0 Å². The van der Waals surface area contributed by atoms with Crippen LogP contribution in [0, 0.1) is 11.8 Å². The highest BCUT2D eigenvalue weighted by Crippen LogP contribution is 2.38. The molecule has 0 spiro atoms. The molecule has 0 bridgehead atoms. The average molecular weight is 619 g/mol. The van der Waals surface area contributed by atoms with Crippen LogP contribution in [0.2, 0.25) is 0 Å². The molecule has 0 radical (unpaired) electrons. The van der Waals surface area contributed by atoms with Gasteiger partial charge in [0.1, 0.15) is 5.72 Å². The lowest BCUT2D eigenvalue weighted by atomic mass is 9.98. The molecule has 238 valence electrons. The Morgan fingerprint density at radius 2 is 1.67 bits per heavy atom. The lowest BCUT2D eigenvalue weighted by Crippen LogP contribution is -2.55. The summed E-state index contributed by atoms with van der Waals surface area (Å²) in [5.41, 5.74) is -1.10. The average Bonchev–Trinajstić information content (AvgIpc) is 3.30. The Balaban J connectivity index is 1.79. The number of sulfonamides is 1. The number of likely N-dealkylation sites (N-methyl/N-ethyl adjacent to an activating group) is 1. The number of hydrogen-bond donors (Lipinski definition) is 3. The van der Waals surface area contributed by atoms with E-state index in [1.807, 2.05) is 51.1 Å². The van der Waals surface area contributed by atoms with Crippen molar-refractivity contribution in [1.29, 1.82) is 0 Å². The Bertz CT molecular complexity index is 1340. The minimum Gasteiger partial charge on any atom is -0.451 e. The largest absolute Gasteiger partial charge is 0.451 e. The molecule has 0 saturated carbocycles. The molecule has 2 amide bonds. The van der Waals surface area contributed by atoms with Gasteiger partial charge in [0.15, 0.2) is 11.5 Å². The van der Waals surface area contributed by atoms with Crippen LogP contribution in [0.1, 0.15) is 46.1 Å². The van der Waals surface area contributed by atoms with Crippen molar-refractivity contribution in [3.05, 3.63) is 54.1 Å². The van der Waals surface area contributed by atoms with Gasteiger partial charge < -0.3 is 30.1 Å². The van der Waals surface area contributed by atoms with Crippen molar-refractivity contribution in [2.24, 2.45) is 11.8 Å². The molecule has 3 N–H and O–H groups in total. The van der Waals surface area contributed by atoms with Crippen molar-refractivity contribution in [3.63, 3.8) is 0 Å². The summed E-state index contributed by atoms with van der Waals surface area (Å²) in [7, 11) is -0.607. The Hall–Kier alpha value is -3.19. The molecule has 0 aromatic heterocycles. The fraction of sp³-hybridized carbons (Fsp3) is 0.548. The number of nitrogens with one attached hydrogen (secondary N) is 2. The predicted molar refractivity (Wildman–Crippen MR) is 164 cm³/mol. The second-order valence-electron chi connectivity index (χ2n) is 11.9. The standard InChI is InChI=1S/C31H46N4O7S/c1-22(2)20-35(43(39,40)26-12-13-27-28(17-26)42-24(4)41-27)31(38,18-25-10-8-7-9-11-25)14-15-32-29(36)16-23(3)19-33-30(37)21-34(5)6/h7-13,17,22-24,38H,14-16,18-21H2,1-6H3,(H,32,36)(H,33,37). The molecule has 0 fully saturated rings. The number of fused-ring (bicyclic) bond motifs is 1. The summed E-state index contributed by atoms with van der Waals surface area (Å²) in [5, 5.41) is 17.9. The minimum atomic E-state index is -4.22. The highest BCUT2D eigenvalue weighted by Gasteiger charge is 2.43. The topological polar surface area (TPSA) is 138 Å². The maximum absolute atomic E-state index is 14.2. The third-order valence-corrected chi connectivity index (χ3v) is 8.82. The summed E-state index contributed by atoms with van der Waals surface area (Å²) < 4.78 is 40.6. The van der Waals surface area contributed by atoms with E-state index < -0.39 is 22.0 Å². The molecule has 12 heteroatoms. The van der Waals surface area contributed by atoms with Crippen LogP contribution in [0.3, 0.4) is 0 Å². The molecule has 43 heavy (non-hydrogen) atoms. The maximum Gasteiger partial charge on any atom is 0.245 e. The van der Waals surface area contributed by atoms with Crippen LogP contribution in [-0.2, 0) is 26.0 Å². The van der Waals surface area contributed by atoms with E-state index in [0.717, 1.165) is 9.87 Å². The smallest absolute Gasteiger partial charge is 0.245 e. The molecule has 3 unspecified atom stereocenters. The van der Waals surface area contributed by atoms with Crippen molar-refractivity contribution in [2.45, 2.75) is 63.9 Å². The number of carbonyl (C=O) groups excluding carboxylic acids is 2. The van der Waals surface area contributed by atoms with E-state index in [0.29, 0.717) is 18.0 Å². The van der Waals surface area contributed by atoms with Gasteiger partial charge in [-0.3, -0.25) is 9.59 Å². The summed E-state index contributed by atoms with van der Waals surface area (Å²) in [4.78, 5) is 26.4. The lowest BCUT2D eigenvalue weighted by Gasteiger charge is -2.40. The third kappa shape index (κ3) is 9.92. The molecule has 0 saturated heterocycles. The van der Waals surface area contributed by atoms with Gasteiger partial charge in [0.25, 0.3) is 0 Å². The first kappa shape index (κ1) is 34.3. The number of rotatable bonds is 16. The van der Waals surface area contributed by atoms with Crippen molar-refractivity contribution in [2.75, 3.05) is 40.3 Å². The fourth-order valence-electron chi connectivity index (χ4n) is 4.89. The molecule has 3 rings (SSSR count). The number of benzene rings is 2. The number of hydrogen-bond acceptors (Lipinski definition) is 8. The van der Waals surface area contributed by atoms with E-state index in [2.05, 4.69) is 10.6 Å². The van der Waals surface area contributed by atoms with Crippen LogP contribution in [0.4, 0.5) is 0 Å². The van der Waals surface area contributed by atoms with Crippen molar-refractivity contribution >= 4 is 21.8 Å². The quantitative estimate of drug-likeness (QED) is 0.244. The molecule has 1 aliphatic heterocycles. The van der Waals surface area contributed by atoms with E-state index in [1.165, 1.54) is 12.1 Å². The molecule has 1 heterocycles.